The van der Waals surface area contributed by atoms with Crippen molar-refractivity contribution in [2.75, 3.05) is 0 Å². The molecule has 4 aromatic rings. The molecule has 1 aromatic carbocycles. The fourth-order valence-electron chi connectivity index (χ4n) is 3.41. The Kier molecular flexibility index (Phi) is 6.22. The van der Waals surface area contributed by atoms with Crippen molar-refractivity contribution in [3.05, 3.63) is 91.1 Å². The van der Waals surface area contributed by atoms with Gasteiger partial charge in [0.2, 0.25) is 5.43 Å². The van der Waals surface area contributed by atoms with E-state index in [0.717, 1.165) is 17.8 Å². The Morgan fingerprint density at radius 1 is 1.06 bits per heavy atom. The fraction of sp³-hybridized carbons (Fsp3) is 0.167. The highest BCUT2D eigenvalue weighted by molar-refractivity contribution is 6.42. The summed E-state index contributed by atoms with van der Waals surface area (Å²) in [5.74, 6) is 0. The number of hydrogen-bond acceptors (Lipinski definition) is 4. The first kappa shape index (κ1) is 23.9. The van der Waals surface area contributed by atoms with Crippen LogP contribution in [0.15, 0.2) is 47.4 Å². The van der Waals surface area contributed by atoms with Crippen LogP contribution in [0.1, 0.15) is 35.1 Å². The summed E-state index contributed by atoms with van der Waals surface area (Å²) in [7, 11) is 0. The van der Waals surface area contributed by atoms with Crippen LogP contribution in [0.5, 0.6) is 0 Å². The highest BCUT2D eigenvalue weighted by atomic mass is 35.5. The SMILES string of the molecule is C/C(=C\c1ccnc(C(F)(F)F)c1)c1nn(-c2ccc(Cl)c(Cl)c2)c2cc(C)c(C)nc2c1=O. The van der Waals surface area contributed by atoms with Crippen molar-refractivity contribution < 1.29 is 13.2 Å². The second kappa shape index (κ2) is 8.85. The summed E-state index contributed by atoms with van der Waals surface area (Å²) in [4.78, 5) is 21.2. The van der Waals surface area contributed by atoms with Crippen molar-refractivity contribution in [2.45, 2.75) is 26.9 Å². The average Bonchev–Trinajstić information content (AvgIpc) is 2.77. The van der Waals surface area contributed by atoms with Crippen LogP contribution in [-0.2, 0) is 6.18 Å². The lowest BCUT2D eigenvalue weighted by Gasteiger charge is -2.14. The molecule has 0 fully saturated rings. The monoisotopic (exact) mass is 504 g/mol. The standard InChI is InChI=1S/C24H17Cl2F3N4O/c1-12-9-19-22(31-14(12)3)23(34)21(32-33(19)16-4-5-17(25)18(26)11-16)13(2)8-15-6-7-30-20(10-15)24(27,28)29/h4-11H,1-3H3/b13-8+. The number of aromatic nitrogens is 4. The predicted molar refractivity (Wildman–Crippen MR) is 127 cm³/mol. The molecule has 0 saturated carbocycles. The van der Waals surface area contributed by atoms with Gasteiger partial charge >= 0.3 is 6.18 Å². The molecule has 0 atom stereocenters. The summed E-state index contributed by atoms with van der Waals surface area (Å²) in [5, 5.41) is 5.19. The van der Waals surface area contributed by atoms with E-state index >= 15 is 0 Å². The molecule has 4 rings (SSSR count). The first-order valence-electron chi connectivity index (χ1n) is 10.0. The van der Waals surface area contributed by atoms with Crippen LogP contribution >= 0.6 is 23.2 Å². The number of halogens is 5. The second-order valence-electron chi connectivity index (χ2n) is 7.75. The topological polar surface area (TPSA) is 60.7 Å². The lowest BCUT2D eigenvalue weighted by molar-refractivity contribution is -0.141. The number of nitrogens with zero attached hydrogens (tertiary/aromatic N) is 4. The molecule has 0 aliphatic rings. The molecule has 0 radical (unpaired) electrons. The van der Waals surface area contributed by atoms with E-state index in [0.29, 0.717) is 32.5 Å². The largest absolute Gasteiger partial charge is 0.433 e. The van der Waals surface area contributed by atoms with Crippen LogP contribution in [0.25, 0.3) is 28.4 Å². The molecule has 0 amide bonds. The molecule has 5 nitrogen and oxygen atoms in total. The predicted octanol–water partition coefficient (Wildman–Crippen LogP) is 6.68. The van der Waals surface area contributed by atoms with Crippen LogP contribution in [0.4, 0.5) is 13.2 Å². The third-order valence-corrected chi connectivity index (χ3v) is 6.02. The summed E-state index contributed by atoms with van der Waals surface area (Å²) in [6.07, 6.45) is -2.07. The molecule has 3 heterocycles. The molecule has 34 heavy (non-hydrogen) atoms. The highest BCUT2D eigenvalue weighted by Crippen LogP contribution is 2.29. The van der Waals surface area contributed by atoms with E-state index in [1.165, 1.54) is 16.8 Å². The number of benzene rings is 1. The van der Waals surface area contributed by atoms with E-state index in [4.69, 9.17) is 23.2 Å². The maximum atomic E-state index is 13.3. The summed E-state index contributed by atoms with van der Waals surface area (Å²) >= 11 is 12.3. The Morgan fingerprint density at radius 3 is 2.47 bits per heavy atom. The molecule has 0 aliphatic heterocycles. The molecule has 0 N–H and O–H groups in total. The number of alkyl halides is 3. The lowest BCUT2D eigenvalue weighted by atomic mass is 10.1. The maximum absolute atomic E-state index is 13.3. The van der Waals surface area contributed by atoms with E-state index in [9.17, 15) is 18.0 Å². The summed E-state index contributed by atoms with van der Waals surface area (Å²) in [6, 6.07) is 9.04. The van der Waals surface area contributed by atoms with Gasteiger partial charge in [-0.3, -0.25) is 9.78 Å². The smallest absolute Gasteiger partial charge is 0.285 e. The van der Waals surface area contributed by atoms with Gasteiger partial charge < -0.3 is 0 Å². The first-order valence-corrected chi connectivity index (χ1v) is 10.8. The highest BCUT2D eigenvalue weighted by Gasteiger charge is 2.32. The van der Waals surface area contributed by atoms with Gasteiger partial charge in [-0.1, -0.05) is 23.2 Å². The first-order chi connectivity index (χ1) is 16.0. The van der Waals surface area contributed by atoms with Gasteiger partial charge in [0.15, 0.2) is 0 Å². The van der Waals surface area contributed by atoms with E-state index < -0.39 is 17.3 Å². The van der Waals surface area contributed by atoms with Gasteiger partial charge in [0.25, 0.3) is 0 Å². The van der Waals surface area contributed by atoms with Crippen molar-refractivity contribution in [3.8, 4) is 5.69 Å². The molecule has 0 aliphatic carbocycles. The molecule has 0 bridgehead atoms. The van der Waals surface area contributed by atoms with Crippen LogP contribution in [0.3, 0.4) is 0 Å². The second-order valence-corrected chi connectivity index (χ2v) is 8.56. The zero-order valence-electron chi connectivity index (χ0n) is 18.2. The number of fused-ring (bicyclic) bond motifs is 1. The zero-order valence-corrected chi connectivity index (χ0v) is 19.7. The van der Waals surface area contributed by atoms with Crippen molar-refractivity contribution in [1.82, 2.24) is 19.7 Å². The Balaban J connectivity index is 1.97. The van der Waals surface area contributed by atoms with Gasteiger partial charge in [0.05, 0.1) is 21.2 Å². The minimum absolute atomic E-state index is 0.0414. The van der Waals surface area contributed by atoms with Gasteiger partial charge in [0.1, 0.15) is 16.9 Å². The minimum atomic E-state index is -4.58. The lowest BCUT2D eigenvalue weighted by Crippen LogP contribution is -2.19. The summed E-state index contributed by atoms with van der Waals surface area (Å²) in [5.41, 5.74) is 1.89. The molecular formula is C24H17Cl2F3N4O. The van der Waals surface area contributed by atoms with E-state index in [2.05, 4.69) is 15.1 Å². The number of allylic oxidation sites excluding steroid dienone is 1. The fourth-order valence-corrected chi connectivity index (χ4v) is 3.70. The molecule has 10 heteroatoms. The van der Waals surface area contributed by atoms with E-state index in [1.807, 2.05) is 6.92 Å². The van der Waals surface area contributed by atoms with Crippen molar-refractivity contribution in [3.63, 3.8) is 0 Å². The average molecular weight is 505 g/mol. The van der Waals surface area contributed by atoms with Gasteiger partial charge in [-0.15, -0.1) is 0 Å². The molecule has 0 unspecified atom stereocenters. The third kappa shape index (κ3) is 4.56. The van der Waals surface area contributed by atoms with E-state index in [-0.39, 0.29) is 16.8 Å². The van der Waals surface area contributed by atoms with Gasteiger partial charge in [-0.05, 0) is 79.9 Å². The van der Waals surface area contributed by atoms with E-state index in [1.54, 1.807) is 38.1 Å². The molecule has 0 saturated heterocycles. The number of aryl methyl sites for hydroxylation is 2. The van der Waals surface area contributed by atoms with Gasteiger partial charge in [-0.25, -0.2) is 9.67 Å². The Bertz CT molecular complexity index is 1530. The summed E-state index contributed by atoms with van der Waals surface area (Å²) in [6.45, 7) is 5.26. The van der Waals surface area contributed by atoms with Crippen LogP contribution in [0, 0.1) is 13.8 Å². The van der Waals surface area contributed by atoms with Gasteiger partial charge in [0, 0.05) is 11.9 Å². The van der Waals surface area contributed by atoms with Crippen LogP contribution in [-0.4, -0.2) is 19.7 Å². The molecular weight excluding hydrogens is 488 g/mol. The van der Waals surface area contributed by atoms with Crippen molar-refractivity contribution in [1.29, 1.82) is 0 Å². The number of hydrogen-bond donors (Lipinski definition) is 0. The normalized spacial score (nSPS) is 12.4. The number of pyridine rings is 2. The Labute approximate surface area is 202 Å². The van der Waals surface area contributed by atoms with Crippen molar-refractivity contribution in [2.24, 2.45) is 0 Å². The maximum Gasteiger partial charge on any atom is 0.433 e. The Morgan fingerprint density at radius 2 is 1.79 bits per heavy atom. The van der Waals surface area contributed by atoms with Gasteiger partial charge in [-0.2, -0.15) is 18.3 Å². The molecule has 0 spiro atoms. The molecule has 174 valence electrons. The third-order valence-electron chi connectivity index (χ3n) is 5.28. The minimum Gasteiger partial charge on any atom is -0.285 e. The summed E-state index contributed by atoms with van der Waals surface area (Å²) < 4.78 is 40.7. The Hall–Kier alpha value is -3.23. The zero-order chi connectivity index (χ0) is 24.8. The van der Waals surface area contributed by atoms with Crippen LogP contribution < -0.4 is 5.43 Å². The van der Waals surface area contributed by atoms with Crippen molar-refractivity contribution >= 4 is 45.9 Å². The number of rotatable bonds is 3. The van der Waals surface area contributed by atoms with Crippen LogP contribution in [0.2, 0.25) is 10.0 Å². The molecule has 3 aromatic heterocycles. The quantitative estimate of drug-likeness (QED) is 0.312.